The van der Waals surface area contributed by atoms with E-state index in [1.54, 1.807) is 24.3 Å². The van der Waals surface area contributed by atoms with Crippen molar-refractivity contribution in [1.29, 1.82) is 0 Å². The first-order chi connectivity index (χ1) is 13.9. The molecule has 0 radical (unpaired) electrons. The van der Waals surface area contributed by atoms with Crippen LogP contribution in [0.15, 0.2) is 54.6 Å². The number of hydrogen-bond acceptors (Lipinski definition) is 5. The number of rotatable bonds is 7. The van der Waals surface area contributed by atoms with Crippen molar-refractivity contribution in [2.45, 2.75) is 25.3 Å². The summed E-state index contributed by atoms with van der Waals surface area (Å²) in [6.45, 7) is 1.41. The molecule has 29 heavy (non-hydrogen) atoms. The summed E-state index contributed by atoms with van der Waals surface area (Å²) in [5, 5.41) is 16.1. The molecule has 0 aromatic heterocycles. The Kier molecular flexibility index (Phi) is 5.58. The van der Waals surface area contributed by atoms with Gasteiger partial charge >= 0.3 is 6.03 Å². The van der Waals surface area contributed by atoms with Gasteiger partial charge in [0, 0.05) is 17.8 Å². The second-order valence-corrected chi connectivity index (χ2v) is 6.70. The van der Waals surface area contributed by atoms with Gasteiger partial charge < -0.3 is 10.6 Å². The number of carbonyl (C=O) groups is 3. The van der Waals surface area contributed by atoms with Crippen molar-refractivity contribution in [2.24, 2.45) is 0 Å². The van der Waals surface area contributed by atoms with E-state index < -0.39 is 34.9 Å². The number of benzene rings is 2. The number of urea groups is 1. The van der Waals surface area contributed by atoms with E-state index in [4.69, 9.17) is 0 Å². The Balaban J connectivity index is 1.78. The molecule has 0 saturated carbocycles. The molecule has 1 aliphatic rings. The predicted octanol–water partition coefficient (Wildman–Crippen LogP) is 2.78. The fraction of sp³-hybridized carbons (Fsp3) is 0.250. The number of anilines is 1. The molecule has 1 atom stereocenters. The number of amides is 4. The first-order valence-corrected chi connectivity index (χ1v) is 9.11. The van der Waals surface area contributed by atoms with Crippen molar-refractivity contribution in [1.82, 2.24) is 10.2 Å². The molecule has 3 rings (SSSR count). The van der Waals surface area contributed by atoms with Crippen LogP contribution in [-0.2, 0) is 15.1 Å². The van der Waals surface area contributed by atoms with Crippen LogP contribution < -0.4 is 10.6 Å². The summed E-state index contributed by atoms with van der Waals surface area (Å²) < 4.78 is 0. The third-order valence-corrected chi connectivity index (χ3v) is 4.71. The minimum atomic E-state index is -1.21. The Labute approximate surface area is 166 Å². The van der Waals surface area contributed by atoms with E-state index in [9.17, 15) is 24.5 Å². The van der Waals surface area contributed by atoms with Crippen molar-refractivity contribution in [3.63, 3.8) is 0 Å². The molecule has 0 spiro atoms. The fourth-order valence-electron chi connectivity index (χ4n) is 3.42. The van der Waals surface area contributed by atoms with Gasteiger partial charge in [0.2, 0.25) is 5.91 Å². The molecule has 1 fully saturated rings. The number of non-ortho nitro benzene ring substituents is 1. The molecule has 2 aromatic carbocycles. The highest BCUT2D eigenvalue weighted by Gasteiger charge is 2.52. The third kappa shape index (κ3) is 3.93. The largest absolute Gasteiger partial charge is 0.325 e. The summed E-state index contributed by atoms with van der Waals surface area (Å²) in [6.07, 6.45) is 1.04. The molecule has 1 aliphatic heterocycles. The second-order valence-electron chi connectivity index (χ2n) is 6.70. The molecule has 0 bridgehead atoms. The average molecular weight is 396 g/mol. The molecular formula is C20H20N4O5. The SMILES string of the molecule is CCCC1(c2ccccc2)NC(=O)N(CC(=O)Nc2cccc([N+](=O)[O-])c2)C1=O. The molecular weight excluding hydrogens is 376 g/mol. The van der Waals surface area contributed by atoms with Crippen molar-refractivity contribution in [3.05, 3.63) is 70.3 Å². The summed E-state index contributed by atoms with van der Waals surface area (Å²) in [7, 11) is 0. The van der Waals surface area contributed by atoms with Crippen LogP contribution in [0.4, 0.5) is 16.2 Å². The Morgan fingerprint density at radius 3 is 2.55 bits per heavy atom. The maximum atomic E-state index is 13.1. The normalized spacial score (nSPS) is 18.4. The Hall–Kier alpha value is -3.75. The first kappa shape index (κ1) is 20.0. The summed E-state index contributed by atoms with van der Waals surface area (Å²) in [5.74, 6) is -1.13. The Morgan fingerprint density at radius 1 is 1.17 bits per heavy atom. The van der Waals surface area contributed by atoms with Crippen LogP contribution in [0.2, 0.25) is 0 Å². The third-order valence-electron chi connectivity index (χ3n) is 4.71. The zero-order valence-corrected chi connectivity index (χ0v) is 15.8. The van der Waals surface area contributed by atoms with Gasteiger partial charge in [-0.2, -0.15) is 0 Å². The van der Waals surface area contributed by atoms with Crippen LogP contribution in [0.1, 0.15) is 25.3 Å². The van der Waals surface area contributed by atoms with Crippen molar-refractivity contribution in [3.8, 4) is 0 Å². The first-order valence-electron chi connectivity index (χ1n) is 9.11. The zero-order valence-electron chi connectivity index (χ0n) is 15.8. The molecule has 1 heterocycles. The molecule has 150 valence electrons. The number of carbonyl (C=O) groups excluding carboxylic acids is 3. The molecule has 0 aliphatic carbocycles. The molecule has 9 nitrogen and oxygen atoms in total. The van der Waals surface area contributed by atoms with Crippen molar-refractivity contribution >= 4 is 29.2 Å². The lowest BCUT2D eigenvalue weighted by atomic mass is 9.85. The summed E-state index contributed by atoms with van der Waals surface area (Å²) in [6, 6.07) is 13.7. The highest BCUT2D eigenvalue weighted by atomic mass is 16.6. The highest BCUT2D eigenvalue weighted by Crippen LogP contribution is 2.33. The Bertz CT molecular complexity index is 962. The summed E-state index contributed by atoms with van der Waals surface area (Å²) in [5.41, 5.74) is -0.524. The number of nitrogens with one attached hydrogen (secondary N) is 2. The lowest BCUT2D eigenvalue weighted by molar-refractivity contribution is -0.384. The minimum Gasteiger partial charge on any atom is -0.324 e. The van der Waals surface area contributed by atoms with E-state index in [-0.39, 0.29) is 11.4 Å². The maximum Gasteiger partial charge on any atom is 0.325 e. The molecule has 4 amide bonds. The highest BCUT2D eigenvalue weighted by molar-refractivity contribution is 6.10. The van der Waals surface area contributed by atoms with E-state index in [1.807, 2.05) is 13.0 Å². The van der Waals surface area contributed by atoms with Crippen LogP contribution in [-0.4, -0.2) is 34.2 Å². The van der Waals surface area contributed by atoms with Gasteiger partial charge in [-0.25, -0.2) is 4.79 Å². The topological polar surface area (TPSA) is 122 Å². The summed E-state index contributed by atoms with van der Waals surface area (Å²) >= 11 is 0. The van der Waals surface area contributed by atoms with Gasteiger partial charge in [0.25, 0.3) is 11.6 Å². The minimum absolute atomic E-state index is 0.177. The van der Waals surface area contributed by atoms with Gasteiger partial charge in [0.05, 0.1) is 4.92 Å². The smallest absolute Gasteiger partial charge is 0.324 e. The van der Waals surface area contributed by atoms with Gasteiger partial charge in [-0.05, 0) is 18.1 Å². The van der Waals surface area contributed by atoms with E-state index in [1.165, 1.54) is 24.3 Å². The van der Waals surface area contributed by atoms with E-state index in [2.05, 4.69) is 10.6 Å². The molecule has 1 unspecified atom stereocenters. The number of nitrogens with zero attached hydrogens (tertiary/aromatic N) is 2. The van der Waals surface area contributed by atoms with Crippen LogP contribution in [0.3, 0.4) is 0 Å². The van der Waals surface area contributed by atoms with Crippen LogP contribution in [0, 0.1) is 10.1 Å². The molecule has 2 N–H and O–H groups in total. The van der Waals surface area contributed by atoms with Gasteiger partial charge in [0.1, 0.15) is 12.1 Å². The molecule has 9 heteroatoms. The van der Waals surface area contributed by atoms with E-state index in [0.29, 0.717) is 18.4 Å². The van der Waals surface area contributed by atoms with E-state index in [0.717, 1.165) is 4.90 Å². The number of nitro groups is 1. The van der Waals surface area contributed by atoms with Crippen LogP contribution in [0.5, 0.6) is 0 Å². The number of hydrogen-bond donors (Lipinski definition) is 2. The second kappa shape index (κ2) is 8.09. The lowest BCUT2D eigenvalue weighted by Crippen LogP contribution is -2.44. The maximum absolute atomic E-state index is 13.1. The van der Waals surface area contributed by atoms with Crippen molar-refractivity contribution < 1.29 is 19.3 Å². The van der Waals surface area contributed by atoms with E-state index >= 15 is 0 Å². The summed E-state index contributed by atoms with van der Waals surface area (Å²) in [4.78, 5) is 49.2. The zero-order chi connectivity index (χ0) is 21.0. The van der Waals surface area contributed by atoms with Gasteiger partial charge in [0.15, 0.2) is 0 Å². The van der Waals surface area contributed by atoms with Crippen LogP contribution in [0.25, 0.3) is 0 Å². The quantitative estimate of drug-likeness (QED) is 0.423. The monoisotopic (exact) mass is 396 g/mol. The standard InChI is InChI=1S/C20H20N4O5/c1-2-11-20(14-7-4-3-5-8-14)18(26)23(19(27)22-20)13-17(25)21-15-9-6-10-16(12-15)24(28)29/h3-10,12H,2,11,13H2,1H3,(H,21,25)(H,22,27). The number of imide groups is 1. The average Bonchev–Trinajstić information content (AvgIpc) is 2.94. The predicted molar refractivity (Wildman–Crippen MR) is 105 cm³/mol. The van der Waals surface area contributed by atoms with Crippen molar-refractivity contribution in [2.75, 3.05) is 11.9 Å². The van der Waals surface area contributed by atoms with Crippen LogP contribution >= 0.6 is 0 Å². The number of nitro benzene ring substituents is 1. The van der Waals surface area contributed by atoms with Gasteiger partial charge in [-0.15, -0.1) is 0 Å². The van der Waals surface area contributed by atoms with Gasteiger partial charge in [-0.1, -0.05) is 49.7 Å². The van der Waals surface area contributed by atoms with Gasteiger partial charge in [-0.3, -0.25) is 24.6 Å². The fourth-order valence-corrected chi connectivity index (χ4v) is 3.42. The molecule has 1 saturated heterocycles. The lowest BCUT2D eigenvalue weighted by Gasteiger charge is -2.26. The molecule has 2 aromatic rings. The Morgan fingerprint density at radius 2 is 1.90 bits per heavy atom.